The zero-order valence-electron chi connectivity index (χ0n) is 16.0. The Balaban J connectivity index is 1.37. The Labute approximate surface area is 163 Å². The van der Waals surface area contributed by atoms with Crippen LogP contribution in [0.25, 0.3) is 0 Å². The second-order valence-electron chi connectivity index (χ2n) is 8.23. The Hall–Kier alpha value is -2.45. The van der Waals surface area contributed by atoms with Crippen LogP contribution >= 0.6 is 0 Å². The van der Waals surface area contributed by atoms with Gasteiger partial charge in [-0.1, -0.05) is 37.3 Å². The maximum atomic E-state index is 13.1. The van der Waals surface area contributed by atoms with E-state index in [9.17, 15) is 4.79 Å². The van der Waals surface area contributed by atoms with Gasteiger partial charge in [-0.05, 0) is 30.2 Å². The molecule has 3 atom stereocenters. The molecular weight excluding hydrogens is 358 g/mol. The lowest BCUT2D eigenvalue weighted by atomic mass is 9.85. The quantitative estimate of drug-likeness (QED) is 0.823. The molecule has 1 aromatic carbocycles. The third kappa shape index (κ3) is 2.79. The Morgan fingerprint density at radius 2 is 2.11 bits per heavy atom. The fourth-order valence-electron chi connectivity index (χ4n) is 4.40. The van der Waals surface area contributed by atoms with Crippen LogP contribution in [0.2, 0.25) is 0 Å². The summed E-state index contributed by atoms with van der Waals surface area (Å²) in [5, 5.41) is 10.00. The molecule has 1 unspecified atom stereocenters. The molecule has 2 amide bonds. The number of piperidine rings is 1. The standard InChI is InChI=1S/C20H25N5O3/c1-13(10-21)17-22-23-18(28-17)15-9-20(7-8-20)16-11-24(15)19(26)25(16)27-12-14-5-3-2-4-6-14/h2-6,13,15-16H,7-12,21H2,1H3/t13?,15-,16-/m0/s1. The van der Waals surface area contributed by atoms with E-state index < -0.39 is 0 Å². The van der Waals surface area contributed by atoms with Gasteiger partial charge in [-0.2, -0.15) is 5.06 Å². The lowest BCUT2D eigenvalue weighted by Gasteiger charge is -2.35. The lowest BCUT2D eigenvalue weighted by molar-refractivity contribution is -0.153. The molecule has 0 radical (unpaired) electrons. The van der Waals surface area contributed by atoms with Crippen LogP contribution in [0.3, 0.4) is 0 Å². The van der Waals surface area contributed by atoms with Crippen LogP contribution in [0.4, 0.5) is 4.79 Å². The number of aromatic nitrogens is 2. The number of benzene rings is 1. The molecule has 1 aliphatic carbocycles. The van der Waals surface area contributed by atoms with Crippen molar-refractivity contribution in [1.29, 1.82) is 0 Å². The Morgan fingerprint density at radius 3 is 2.82 bits per heavy atom. The molecule has 3 aliphatic rings. The summed E-state index contributed by atoms with van der Waals surface area (Å²) in [7, 11) is 0. The van der Waals surface area contributed by atoms with Crippen molar-refractivity contribution in [2.45, 2.75) is 50.8 Å². The molecule has 2 aromatic rings. The molecule has 148 valence electrons. The first kappa shape index (κ1) is 17.6. The number of urea groups is 1. The van der Waals surface area contributed by atoms with E-state index in [0.717, 1.165) is 24.8 Å². The molecule has 2 aliphatic heterocycles. The lowest BCUT2D eigenvalue weighted by Crippen LogP contribution is -2.42. The molecule has 3 heterocycles. The number of hydrogen-bond acceptors (Lipinski definition) is 6. The number of nitrogens with two attached hydrogens (primary N) is 1. The minimum Gasteiger partial charge on any atom is -0.423 e. The van der Waals surface area contributed by atoms with Crippen molar-refractivity contribution < 1.29 is 14.0 Å². The Bertz CT molecular complexity index is 866. The van der Waals surface area contributed by atoms with Crippen LogP contribution in [-0.2, 0) is 11.4 Å². The maximum Gasteiger partial charge on any atom is 0.345 e. The molecule has 3 fully saturated rings. The molecule has 8 nitrogen and oxygen atoms in total. The third-order valence-corrected chi connectivity index (χ3v) is 6.39. The Morgan fingerprint density at radius 1 is 1.32 bits per heavy atom. The number of carbonyl (C=O) groups excluding carboxylic acids is 1. The number of rotatable bonds is 6. The van der Waals surface area contributed by atoms with Gasteiger partial charge in [-0.25, -0.2) is 4.79 Å². The average Bonchev–Trinajstić information content (AvgIpc) is 3.20. The van der Waals surface area contributed by atoms with Gasteiger partial charge in [0, 0.05) is 19.0 Å². The number of carbonyl (C=O) groups is 1. The van der Waals surface area contributed by atoms with Gasteiger partial charge in [0.05, 0.1) is 6.04 Å². The highest BCUT2D eigenvalue weighted by Crippen LogP contribution is 2.61. The van der Waals surface area contributed by atoms with Gasteiger partial charge in [0.15, 0.2) is 0 Å². The second kappa shape index (κ2) is 6.56. The van der Waals surface area contributed by atoms with E-state index in [1.165, 1.54) is 0 Å². The number of fused-ring (bicyclic) bond motifs is 3. The fraction of sp³-hybridized carbons (Fsp3) is 0.550. The fourth-order valence-corrected chi connectivity index (χ4v) is 4.40. The van der Waals surface area contributed by atoms with E-state index in [2.05, 4.69) is 10.2 Å². The van der Waals surface area contributed by atoms with Crippen molar-refractivity contribution in [2.75, 3.05) is 13.1 Å². The minimum absolute atomic E-state index is 0.00691. The van der Waals surface area contributed by atoms with Gasteiger partial charge < -0.3 is 15.1 Å². The van der Waals surface area contributed by atoms with Gasteiger partial charge in [-0.15, -0.1) is 10.2 Å². The first-order chi connectivity index (χ1) is 13.6. The van der Waals surface area contributed by atoms with E-state index in [0.29, 0.717) is 31.5 Å². The van der Waals surface area contributed by atoms with E-state index in [4.69, 9.17) is 15.0 Å². The molecule has 2 bridgehead atoms. The van der Waals surface area contributed by atoms with E-state index >= 15 is 0 Å². The van der Waals surface area contributed by atoms with Gasteiger partial charge in [0.25, 0.3) is 0 Å². The summed E-state index contributed by atoms with van der Waals surface area (Å²) < 4.78 is 5.90. The highest BCUT2D eigenvalue weighted by Gasteiger charge is 2.64. The van der Waals surface area contributed by atoms with E-state index in [-0.39, 0.29) is 29.4 Å². The van der Waals surface area contributed by atoms with Gasteiger partial charge >= 0.3 is 6.03 Å². The first-order valence-corrected chi connectivity index (χ1v) is 9.91. The van der Waals surface area contributed by atoms with Crippen LogP contribution in [0, 0.1) is 5.41 Å². The maximum absolute atomic E-state index is 13.1. The van der Waals surface area contributed by atoms with Crippen LogP contribution < -0.4 is 5.73 Å². The molecule has 1 saturated carbocycles. The smallest absolute Gasteiger partial charge is 0.345 e. The van der Waals surface area contributed by atoms with E-state index in [1.807, 2.05) is 42.2 Å². The second-order valence-corrected chi connectivity index (χ2v) is 8.23. The minimum atomic E-state index is -0.192. The summed E-state index contributed by atoms with van der Waals surface area (Å²) in [5.41, 5.74) is 6.85. The number of hydrogen-bond donors (Lipinski definition) is 1. The summed E-state index contributed by atoms with van der Waals surface area (Å²) >= 11 is 0. The highest BCUT2D eigenvalue weighted by molar-refractivity contribution is 5.77. The molecule has 2 N–H and O–H groups in total. The molecule has 28 heavy (non-hydrogen) atoms. The van der Waals surface area contributed by atoms with Crippen LogP contribution in [0.15, 0.2) is 34.7 Å². The molecule has 2 saturated heterocycles. The molecule has 1 aromatic heterocycles. The van der Waals surface area contributed by atoms with Crippen molar-refractivity contribution in [1.82, 2.24) is 20.2 Å². The zero-order valence-corrected chi connectivity index (χ0v) is 16.0. The molecular formula is C20H25N5O3. The van der Waals surface area contributed by atoms with Crippen molar-refractivity contribution in [3.63, 3.8) is 0 Å². The van der Waals surface area contributed by atoms with Crippen LogP contribution in [0.1, 0.15) is 55.5 Å². The van der Waals surface area contributed by atoms with Crippen molar-refractivity contribution in [3.05, 3.63) is 47.7 Å². The van der Waals surface area contributed by atoms with Gasteiger partial charge in [0.2, 0.25) is 11.8 Å². The van der Waals surface area contributed by atoms with Gasteiger partial charge in [-0.3, -0.25) is 4.84 Å². The number of hydroxylamine groups is 2. The first-order valence-electron chi connectivity index (χ1n) is 9.91. The molecule has 8 heteroatoms. The summed E-state index contributed by atoms with van der Waals surface area (Å²) in [6.45, 7) is 3.43. The summed E-state index contributed by atoms with van der Waals surface area (Å²) in [5.74, 6) is 1.05. The number of nitrogens with zero attached hydrogens (tertiary/aromatic N) is 4. The number of amides is 2. The van der Waals surface area contributed by atoms with Crippen LogP contribution in [-0.4, -0.2) is 45.3 Å². The van der Waals surface area contributed by atoms with Gasteiger partial charge in [0.1, 0.15) is 12.6 Å². The SMILES string of the molecule is CC(CN)c1nnc([C@@H]2CC3(CC3)[C@@H]3CN2C(=O)N3OCc2ccccc2)o1. The third-order valence-electron chi connectivity index (χ3n) is 6.39. The Kier molecular flexibility index (Phi) is 4.13. The highest BCUT2D eigenvalue weighted by atomic mass is 16.7. The molecule has 5 rings (SSSR count). The molecule has 1 spiro atoms. The average molecular weight is 383 g/mol. The van der Waals surface area contributed by atoms with Crippen molar-refractivity contribution in [3.8, 4) is 0 Å². The monoisotopic (exact) mass is 383 g/mol. The van der Waals surface area contributed by atoms with E-state index in [1.54, 1.807) is 5.06 Å². The summed E-state index contributed by atoms with van der Waals surface area (Å²) in [6, 6.07) is 9.70. The summed E-state index contributed by atoms with van der Waals surface area (Å²) in [6.07, 6.45) is 3.04. The van der Waals surface area contributed by atoms with Crippen LogP contribution in [0.5, 0.6) is 0 Å². The predicted octanol–water partition coefficient (Wildman–Crippen LogP) is 2.59. The van der Waals surface area contributed by atoms with Crippen molar-refractivity contribution in [2.24, 2.45) is 11.1 Å². The van der Waals surface area contributed by atoms with Crippen molar-refractivity contribution >= 4 is 6.03 Å². The summed E-state index contributed by atoms with van der Waals surface area (Å²) in [4.78, 5) is 20.9. The largest absolute Gasteiger partial charge is 0.423 e. The topological polar surface area (TPSA) is 97.7 Å². The zero-order chi connectivity index (χ0) is 19.3. The normalized spacial score (nSPS) is 26.1. The predicted molar refractivity (Wildman–Crippen MR) is 99.8 cm³/mol.